The molecule has 2 atom stereocenters. The third-order valence-electron chi connectivity index (χ3n) is 3.21. The van der Waals surface area contributed by atoms with Crippen molar-refractivity contribution in [1.29, 1.82) is 0 Å². The van der Waals surface area contributed by atoms with Crippen LogP contribution >= 0.6 is 0 Å². The first-order chi connectivity index (χ1) is 9.43. The largest absolute Gasteiger partial charge is 0.508 e. The van der Waals surface area contributed by atoms with Crippen molar-refractivity contribution in [2.45, 2.75) is 32.4 Å². The fraction of sp³-hybridized carbons (Fsp3) is 0.533. The summed E-state index contributed by atoms with van der Waals surface area (Å²) in [6, 6.07) is 6.04. The number of carbonyl (C=O) groups excluding carboxylic acids is 1. The quantitative estimate of drug-likeness (QED) is 0.697. The minimum Gasteiger partial charge on any atom is -0.508 e. The number of nitrogens with two attached hydrogens (primary N) is 1. The van der Waals surface area contributed by atoms with E-state index in [1.165, 1.54) is 0 Å². The predicted octanol–water partition coefficient (Wildman–Crippen LogP) is 1.05. The number of phenols is 1. The second kappa shape index (κ2) is 7.87. The van der Waals surface area contributed by atoms with E-state index < -0.39 is 6.04 Å². The van der Waals surface area contributed by atoms with E-state index in [0.717, 1.165) is 5.56 Å². The lowest BCUT2D eigenvalue weighted by atomic mass is 10.0. The minimum atomic E-state index is -0.613. The molecule has 1 aromatic rings. The maximum absolute atomic E-state index is 12.1. The maximum Gasteiger partial charge on any atom is 0.237 e. The van der Waals surface area contributed by atoms with E-state index in [-0.39, 0.29) is 23.6 Å². The van der Waals surface area contributed by atoms with Gasteiger partial charge in [-0.25, -0.2) is 0 Å². The van der Waals surface area contributed by atoms with Crippen molar-refractivity contribution >= 4 is 5.91 Å². The van der Waals surface area contributed by atoms with Crippen LogP contribution in [0.4, 0.5) is 0 Å². The van der Waals surface area contributed by atoms with Crippen LogP contribution in [0.25, 0.3) is 0 Å². The number of hydrogen-bond donors (Lipinski definition) is 3. The molecule has 0 aliphatic carbocycles. The summed E-state index contributed by atoms with van der Waals surface area (Å²) in [6.45, 7) is 4.51. The lowest BCUT2D eigenvalue weighted by Crippen LogP contribution is -2.49. The van der Waals surface area contributed by atoms with E-state index >= 15 is 0 Å². The summed E-state index contributed by atoms with van der Waals surface area (Å²) in [4.78, 5) is 12.1. The third-order valence-corrected chi connectivity index (χ3v) is 3.21. The van der Waals surface area contributed by atoms with Crippen molar-refractivity contribution in [3.05, 3.63) is 29.8 Å². The van der Waals surface area contributed by atoms with E-state index in [0.29, 0.717) is 13.0 Å². The average Bonchev–Trinajstić information content (AvgIpc) is 2.40. The highest BCUT2D eigenvalue weighted by Crippen LogP contribution is 2.11. The van der Waals surface area contributed by atoms with Crippen LogP contribution in [-0.4, -0.2) is 36.8 Å². The van der Waals surface area contributed by atoms with Crippen molar-refractivity contribution in [2.75, 3.05) is 13.7 Å². The van der Waals surface area contributed by atoms with Crippen LogP contribution in [0.1, 0.15) is 19.4 Å². The van der Waals surface area contributed by atoms with Crippen LogP contribution in [0.15, 0.2) is 24.3 Å². The summed E-state index contributed by atoms with van der Waals surface area (Å²) in [5.41, 5.74) is 6.83. The van der Waals surface area contributed by atoms with Gasteiger partial charge in [0.05, 0.1) is 18.7 Å². The Balaban J connectivity index is 2.55. The summed E-state index contributed by atoms with van der Waals surface area (Å²) in [5.74, 6) is 0.292. The summed E-state index contributed by atoms with van der Waals surface area (Å²) < 4.78 is 5.09. The van der Waals surface area contributed by atoms with Crippen LogP contribution in [0, 0.1) is 5.92 Å². The van der Waals surface area contributed by atoms with Gasteiger partial charge in [0, 0.05) is 7.11 Å². The molecular weight excluding hydrogens is 256 g/mol. The first kappa shape index (κ1) is 16.5. The number of hydrogen-bond acceptors (Lipinski definition) is 4. The van der Waals surface area contributed by atoms with Gasteiger partial charge in [0.25, 0.3) is 0 Å². The highest BCUT2D eigenvalue weighted by atomic mass is 16.5. The number of aromatic hydroxyl groups is 1. The Morgan fingerprint density at radius 2 is 1.95 bits per heavy atom. The van der Waals surface area contributed by atoms with Gasteiger partial charge in [-0.1, -0.05) is 26.0 Å². The second-order valence-corrected chi connectivity index (χ2v) is 5.29. The standard InChI is InChI=1S/C15H24N2O3/c1-10(2)14(9-20-3)17-15(19)13(16)8-11-4-6-12(18)7-5-11/h4-7,10,13-14,18H,8-9,16H2,1-3H3,(H,17,19). The third kappa shape index (κ3) is 5.19. The van der Waals surface area contributed by atoms with E-state index in [1.54, 1.807) is 31.4 Å². The Morgan fingerprint density at radius 3 is 2.45 bits per heavy atom. The number of amides is 1. The molecule has 0 saturated heterocycles. The zero-order valence-electron chi connectivity index (χ0n) is 12.3. The SMILES string of the molecule is COCC(NC(=O)C(N)Cc1ccc(O)cc1)C(C)C. The molecule has 0 spiro atoms. The molecule has 1 aromatic carbocycles. The molecule has 1 amide bonds. The molecule has 0 heterocycles. The molecular formula is C15H24N2O3. The minimum absolute atomic E-state index is 0.0432. The van der Waals surface area contributed by atoms with Gasteiger partial charge in [0.1, 0.15) is 5.75 Å². The molecule has 0 aliphatic rings. The monoisotopic (exact) mass is 280 g/mol. The molecule has 1 rings (SSSR count). The summed E-state index contributed by atoms with van der Waals surface area (Å²) >= 11 is 0. The smallest absolute Gasteiger partial charge is 0.237 e. The number of nitrogens with one attached hydrogen (secondary N) is 1. The molecule has 5 heteroatoms. The van der Waals surface area contributed by atoms with Gasteiger partial charge in [-0.15, -0.1) is 0 Å². The highest BCUT2D eigenvalue weighted by Gasteiger charge is 2.20. The van der Waals surface area contributed by atoms with Gasteiger partial charge in [0.2, 0.25) is 5.91 Å². The van der Waals surface area contributed by atoms with Gasteiger partial charge < -0.3 is 20.9 Å². The summed E-state index contributed by atoms with van der Waals surface area (Å²) in [7, 11) is 1.61. The molecule has 5 nitrogen and oxygen atoms in total. The number of carbonyl (C=O) groups is 1. The second-order valence-electron chi connectivity index (χ2n) is 5.29. The molecule has 0 bridgehead atoms. The first-order valence-corrected chi connectivity index (χ1v) is 6.76. The van der Waals surface area contributed by atoms with Gasteiger partial charge >= 0.3 is 0 Å². The van der Waals surface area contributed by atoms with Crippen molar-refractivity contribution < 1.29 is 14.6 Å². The Morgan fingerprint density at radius 1 is 1.35 bits per heavy atom. The van der Waals surface area contributed by atoms with E-state index in [2.05, 4.69) is 5.32 Å². The van der Waals surface area contributed by atoms with Crippen LogP contribution in [0.3, 0.4) is 0 Å². The Bertz CT molecular complexity index is 418. The van der Waals surface area contributed by atoms with Crippen LogP contribution in [0.2, 0.25) is 0 Å². The van der Waals surface area contributed by atoms with E-state index in [1.807, 2.05) is 13.8 Å². The zero-order chi connectivity index (χ0) is 15.1. The Kier molecular flexibility index (Phi) is 6.48. The normalized spacial score (nSPS) is 14.1. The topological polar surface area (TPSA) is 84.6 Å². The van der Waals surface area contributed by atoms with Crippen LogP contribution < -0.4 is 11.1 Å². The maximum atomic E-state index is 12.1. The number of rotatable bonds is 7. The molecule has 0 radical (unpaired) electrons. The molecule has 0 fully saturated rings. The zero-order valence-corrected chi connectivity index (χ0v) is 12.3. The van der Waals surface area contributed by atoms with E-state index in [9.17, 15) is 9.90 Å². The Labute approximate surface area is 120 Å². The number of phenolic OH excluding ortho intramolecular Hbond substituents is 1. The fourth-order valence-electron chi connectivity index (χ4n) is 1.85. The van der Waals surface area contributed by atoms with E-state index in [4.69, 9.17) is 10.5 Å². The van der Waals surface area contributed by atoms with Gasteiger partial charge in [0.15, 0.2) is 0 Å². The highest BCUT2D eigenvalue weighted by molar-refractivity contribution is 5.82. The molecule has 2 unspecified atom stereocenters. The number of methoxy groups -OCH3 is 1. The molecule has 0 aliphatic heterocycles. The molecule has 4 N–H and O–H groups in total. The first-order valence-electron chi connectivity index (χ1n) is 6.76. The number of benzene rings is 1. The average molecular weight is 280 g/mol. The number of ether oxygens (including phenoxy) is 1. The van der Waals surface area contributed by atoms with Crippen molar-refractivity contribution in [3.63, 3.8) is 0 Å². The van der Waals surface area contributed by atoms with Gasteiger partial charge in [-0.3, -0.25) is 4.79 Å². The predicted molar refractivity (Wildman–Crippen MR) is 78.4 cm³/mol. The lowest BCUT2D eigenvalue weighted by Gasteiger charge is -2.23. The van der Waals surface area contributed by atoms with Gasteiger partial charge in [-0.2, -0.15) is 0 Å². The summed E-state index contributed by atoms with van der Waals surface area (Å²) in [6.07, 6.45) is 0.434. The summed E-state index contributed by atoms with van der Waals surface area (Å²) in [5, 5.41) is 12.1. The van der Waals surface area contributed by atoms with Crippen molar-refractivity contribution in [2.24, 2.45) is 11.7 Å². The molecule has 112 valence electrons. The van der Waals surface area contributed by atoms with Crippen LogP contribution in [-0.2, 0) is 16.0 Å². The Hall–Kier alpha value is -1.59. The van der Waals surface area contributed by atoms with Crippen molar-refractivity contribution in [1.82, 2.24) is 5.32 Å². The molecule has 20 heavy (non-hydrogen) atoms. The molecule has 0 aromatic heterocycles. The lowest BCUT2D eigenvalue weighted by molar-refractivity contribution is -0.123. The van der Waals surface area contributed by atoms with Crippen LogP contribution in [0.5, 0.6) is 5.75 Å². The fourth-order valence-corrected chi connectivity index (χ4v) is 1.85. The molecule has 0 saturated carbocycles. The van der Waals surface area contributed by atoms with Gasteiger partial charge in [-0.05, 0) is 30.0 Å². The van der Waals surface area contributed by atoms with Crippen molar-refractivity contribution in [3.8, 4) is 5.75 Å².